The van der Waals surface area contributed by atoms with Crippen molar-refractivity contribution in [1.29, 1.82) is 0 Å². The number of carbonyl (C=O) groups is 1. The number of benzene rings is 2. The van der Waals surface area contributed by atoms with Gasteiger partial charge in [-0.1, -0.05) is 24.3 Å². The average molecular weight is 380 g/mol. The number of fused-ring (bicyclic) bond motifs is 1. The number of thiazole rings is 1. The van der Waals surface area contributed by atoms with Crippen LogP contribution >= 0.6 is 11.3 Å². The molecular weight excluding hydrogens is 354 g/mol. The van der Waals surface area contributed by atoms with Gasteiger partial charge in [-0.25, -0.2) is 4.98 Å². The molecule has 1 amide bonds. The predicted molar refractivity (Wildman–Crippen MR) is 112 cm³/mol. The number of nitrogens with zero attached hydrogens (tertiary/aromatic N) is 3. The van der Waals surface area contributed by atoms with Crippen LogP contribution in [0.3, 0.4) is 0 Å². The molecule has 5 heteroatoms. The van der Waals surface area contributed by atoms with Crippen LogP contribution in [0.4, 0.5) is 0 Å². The maximum Gasteiger partial charge on any atom is 0.253 e. The second-order valence-electron chi connectivity index (χ2n) is 8.01. The van der Waals surface area contributed by atoms with Crippen LogP contribution in [0, 0.1) is 0 Å². The Balaban J connectivity index is 1.47. The van der Waals surface area contributed by atoms with Crippen molar-refractivity contribution in [2.75, 3.05) is 26.2 Å². The van der Waals surface area contributed by atoms with E-state index in [1.165, 1.54) is 4.70 Å². The fourth-order valence-corrected chi connectivity index (χ4v) is 4.49. The predicted octanol–water partition coefficient (Wildman–Crippen LogP) is 4.52. The molecule has 2 aromatic carbocycles. The smallest absolute Gasteiger partial charge is 0.253 e. The van der Waals surface area contributed by atoms with Gasteiger partial charge in [0.05, 0.1) is 10.2 Å². The molecule has 0 aliphatic carbocycles. The van der Waals surface area contributed by atoms with E-state index in [1.807, 2.05) is 47.4 Å². The van der Waals surface area contributed by atoms with Gasteiger partial charge in [-0.3, -0.25) is 9.69 Å². The van der Waals surface area contributed by atoms with Crippen molar-refractivity contribution in [2.24, 2.45) is 0 Å². The fourth-order valence-electron chi connectivity index (χ4n) is 3.51. The highest BCUT2D eigenvalue weighted by Gasteiger charge is 2.28. The van der Waals surface area contributed by atoms with Crippen LogP contribution in [0.1, 0.15) is 31.1 Å². The van der Waals surface area contributed by atoms with Gasteiger partial charge in [0.2, 0.25) is 0 Å². The fraction of sp³-hybridized carbons (Fsp3) is 0.364. The zero-order chi connectivity index (χ0) is 19.0. The van der Waals surface area contributed by atoms with Gasteiger partial charge >= 0.3 is 0 Å². The minimum absolute atomic E-state index is 0.124. The van der Waals surface area contributed by atoms with Crippen LogP contribution in [0.25, 0.3) is 20.8 Å². The third-order valence-electron chi connectivity index (χ3n) is 5.19. The first kappa shape index (κ1) is 18.1. The third-order valence-corrected chi connectivity index (χ3v) is 6.27. The Labute approximate surface area is 164 Å². The molecule has 0 saturated carbocycles. The summed E-state index contributed by atoms with van der Waals surface area (Å²) < 4.78 is 1.18. The van der Waals surface area contributed by atoms with Crippen molar-refractivity contribution < 1.29 is 4.79 Å². The molecule has 27 heavy (non-hydrogen) atoms. The van der Waals surface area contributed by atoms with E-state index in [4.69, 9.17) is 4.98 Å². The van der Waals surface area contributed by atoms with Crippen LogP contribution in [0.5, 0.6) is 0 Å². The van der Waals surface area contributed by atoms with Crippen molar-refractivity contribution in [1.82, 2.24) is 14.8 Å². The Morgan fingerprint density at radius 2 is 1.63 bits per heavy atom. The van der Waals surface area contributed by atoms with Gasteiger partial charge in [-0.2, -0.15) is 0 Å². The van der Waals surface area contributed by atoms with Crippen molar-refractivity contribution >= 4 is 27.5 Å². The van der Waals surface area contributed by atoms with Crippen LogP contribution in [0.15, 0.2) is 48.5 Å². The molecule has 0 bridgehead atoms. The number of hydrogen-bond donors (Lipinski definition) is 0. The summed E-state index contributed by atoms with van der Waals surface area (Å²) in [5.41, 5.74) is 3.00. The number of hydrogen-bond acceptors (Lipinski definition) is 4. The summed E-state index contributed by atoms with van der Waals surface area (Å²) in [6.45, 7) is 10.1. The summed E-state index contributed by atoms with van der Waals surface area (Å²) in [7, 11) is 0. The highest BCUT2D eigenvalue weighted by atomic mass is 32.1. The second-order valence-corrected chi connectivity index (χ2v) is 9.04. The molecule has 0 radical (unpaired) electrons. The molecule has 0 spiro atoms. The Hall–Kier alpha value is -2.24. The number of aromatic nitrogens is 1. The lowest BCUT2D eigenvalue weighted by molar-refractivity contribution is 0.0451. The Morgan fingerprint density at radius 3 is 2.26 bits per heavy atom. The molecule has 1 fully saturated rings. The van der Waals surface area contributed by atoms with Crippen molar-refractivity contribution in [3.05, 3.63) is 54.1 Å². The minimum Gasteiger partial charge on any atom is -0.336 e. The second kappa shape index (κ2) is 7.06. The van der Waals surface area contributed by atoms with Gasteiger partial charge in [-0.05, 0) is 45.0 Å². The number of para-hydroxylation sites is 1. The van der Waals surface area contributed by atoms with E-state index in [0.29, 0.717) is 0 Å². The molecule has 3 aromatic rings. The maximum absolute atomic E-state index is 12.8. The van der Waals surface area contributed by atoms with Crippen LogP contribution < -0.4 is 0 Å². The van der Waals surface area contributed by atoms with Gasteiger partial charge in [0.25, 0.3) is 5.91 Å². The maximum atomic E-state index is 12.8. The molecule has 140 valence electrons. The lowest BCUT2D eigenvalue weighted by Crippen LogP contribution is -2.54. The Morgan fingerprint density at radius 1 is 0.963 bits per heavy atom. The molecule has 4 rings (SSSR count). The standard InChI is InChI=1S/C22H25N3OS/c1-22(2,3)25-14-12-24(13-15-25)21(26)17-10-8-16(9-11-17)20-23-18-6-4-5-7-19(18)27-20/h4-11H,12-15H2,1-3H3. The van der Waals surface area contributed by atoms with E-state index in [1.54, 1.807) is 11.3 Å². The van der Waals surface area contributed by atoms with Gasteiger partial charge in [-0.15, -0.1) is 11.3 Å². The van der Waals surface area contributed by atoms with Crippen LogP contribution in [-0.4, -0.2) is 52.4 Å². The van der Waals surface area contributed by atoms with Gasteiger partial charge in [0.1, 0.15) is 5.01 Å². The summed E-state index contributed by atoms with van der Waals surface area (Å²) in [5.74, 6) is 0.124. The van der Waals surface area contributed by atoms with Gasteiger partial charge < -0.3 is 4.90 Å². The SMILES string of the molecule is CC(C)(C)N1CCN(C(=O)c2ccc(-c3nc4ccccc4s3)cc2)CC1. The summed E-state index contributed by atoms with van der Waals surface area (Å²) in [4.78, 5) is 21.9. The molecular formula is C22H25N3OS. The number of piperazine rings is 1. The van der Waals surface area contributed by atoms with Crippen molar-refractivity contribution in [2.45, 2.75) is 26.3 Å². The summed E-state index contributed by atoms with van der Waals surface area (Å²) in [6, 6.07) is 16.0. The van der Waals surface area contributed by atoms with E-state index in [2.05, 4.69) is 31.7 Å². The molecule has 2 heterocycles. The zero-order valence-corrected chi connectivity index (χ0v) is 16.9. The highest BCUT2D eigenvalue weighted by molar-refractivity contribution is 7.21. The Kier molecular flexibility index (Phi) is 4.74. The lowest BCUT2D eigenvalue weighted by Gasteiger charge is -2.42. The summed E-state index contributed by atoms with van der Waals surface area (Å²) in [5, 5.41) is 0.994. The Bertz CT molecular complexity index is 915. The molecule has 1 saturated heterocycles. The van der Waals surface area contributed by atoms with Gasteiger partial charge in [0, 0.05) is 42.8 Å². The first-order valence-electron chi connectivity index (χ1n) is 9.42. The summed E-state index contributed by atoms with van der Waals surface area (Å²) >= 11 is 1.68. The average Bonchev–Trinajstić information content (AvgIpc) is 3.11. The number of rotatable bonds is 2. The molecule has 1 aromatic heterocycles. The third kappa shape index (κ3) is 3.75. The summed E-state index contributed by atoms with van der Waals surface area (Å²) in [6.07, 6.45) is 0. The zero-order valence-electron chi connectivity index (χ0n) is 16.1. The van der Waals surface area contributed by atoms with E-state index in [0.717, 1.165) is 47.8 Å². The molecule has 0 N–H and O–H groups in total. The quantitative estimate of drug-likeness (QED) is 0.657. The number of carbonyl (C=O) groups excluding carboxylic acids is 1. The van der Waals surface area contributed by atoms with Crippen LogP contribution in [0.2, 0.25) is 0 Å². The van der Waals surface area contributed by atoms with Crippen molar-refractivity contribution in [3.8, 4) is 10.6 Å². The van der Waals surface area contributed by atoms with Gasteiger partial charge in [0.15, 0.2) is 0 Å². The topological polar surface area (TPSA) is 36.4 Å². The molecule has 4 nitrogen and oxygen atoms in total. The lowest BCUT2D eigenvalue weighted by atomic mass is 10.0. The first-order chi connectivity index (χ1) is 12.9. The minimum atomic E-state index is 0.124. The van der Waals surface area contributed by atoms with Crippen LogP contribution in [-0.2, 0) is 0 Å². The van der Waals surface area contributed by atoms with E-state index in [9.17, 15) is 4.79 Å². The van der Waals surface area contributed by atoms with E-state index in [-0.39, 0.29) is 11.4 Å². The van der Waals surface area contributed by atoms with E-state index < -0.39 is 0 Å². The van der Waals surface area contributed by atoms with E-state index >= 15 is 0 Å². The molecule has 1 aliphatic rings. The monoisotopic (exact) mass is 379 g/mol. The molecule has 1 aliphatic heterocycles. The molecule has 0 atom stereocenters. The largest absolute Gasteiger partial charge is 0.336 e. The first-order valence-corrected chi connectivity index (χ1v) is 10.2. The number of amides is 1. The molecule has 0 unspecified atom stereocenters. The normalized spacial score (nSPS) is 16.0. The van der Waals surface area contributed by atoms with Crippen molar-refractivity contribution in [3.63, 3.8) is 0 Å². The highest BCUT2D eigenvalue weighted by Crippen LogP contribution is 2.30.